The van der Waals surface area contributed by atoms with Gasteiger partial charge in [0.1, 0.15) is 6.04 Å². The largest absolute Gasteiger partial charge is 0.352 e. The van der Waals surface area contributed by atoms with Crippen molar-refractivity contribution >= 4 is 62.3 Å². The number of amides is 2. The van der Waals surface area contributed by atoms with E-state index < -0.39 is 16.1 Å². The quantitative estimate of drug-likeness (QED) is 0.360. The smallest absolute Gasteiger partial charge is 0.243 e. The molecule has 2 rings (SSSR count). The van der Waals surface area contributed by atoms with Crippen LogP contribution in [0.4, 0.5) is 5.69 Å². The zero-order valence-electron chi connectivity index (χ0n) is 20.8. The molecule has 0 heterocycles. The molecule has 0 unspecified atom stereocenters. The molecule has 0 saturated carbocycles. The number of carbonyl (C=O) groups is 2. The number of hydrogen-bond acceptors (Lipinski definition) is 4. The van der Waals surface area contributed by atoms with E-state index in [0.717, 1.165) is 11.8 Å². The van der Waals surface area contributed by atoms with Gasteiger partial charge in [0.15, 0.2) is 0 Å². The zero-order chi connectivity index (χ0) is 27.0. The van der Waals surface area contributed by atoms with E-state index in [0.29, 0.717) is 27.2 Å². The van der Waals surface area contributed by atoms with Crippen molar-refractivity contribution < 1.29 is 18.0 Å². The van der Waals surface area contributed by atoms with Gasteiger partial charge >= 0.3 is 0 Å². The molecular weight excluding hydrogens is 545 g/mol. The van der Waals surface area contributed by atoms with Crippen molar-refractivity contribution in [2.45, 2.75) is 58.7 Å². The summed E-state index contributed by atoms with van der Waals surface area (Å²) in [4.78, 5) is 27.8. The van der Waals surface area contributed by atoms with Crippen LogP contribution in [0, 0.1) is 0 Å². The predicted octanol–water partition coefficient (Wildman–Crippen LogP) is 5.53. The van der Waals surface area contributed by atoms with Crippen LogP contribution in [-0.2, 0) is 26.2 Å². The Morgan fingerprint density at radius 2 is 1.64 bits per heavy atom. The van der Waals surface area contributed by atoms with Gasteiger partial charge in [-0.05, 0) is 68.7 Å². The number of anilines is 1. The van der Waals surface area contributed by atoms with Crippen molar-refractivity contribution in [1.29, 1.82) is 0 Å². The molecule has 0 aliphatic heterocycles. The molecule has 1 atom stereocenters. The fourth-order valence-electron chi connectivity index (χ4n) is 3.75. The van der Waals surface area contributed by atoms with Gasteiger partial charge in [-0.3, -0.25) is 13.9 Å². The maximum absolute atomic E-state index is 13.4. The van der Waals surface area contributed by atoms with Crippen LogP contribution in [0.15, 0.2) is 42.5 Å². The Hall–Kier alpha value is -2.00. The Labute approximate surface area is 228 Å². The average Bonchev–Trinajstić information content (AvgIpc) is 2.78. The van der Waals surface area contributed by atoms with Gasteiger partial charge in [-0.2, -0.15) is 0 Å². The second-order valence-electron chi connectivity index (χ2n) is 8.77. The highest BCUT2D eigenvalue weighted by Gasteiger charge is 2.29. The minimum absolute atomic E-state index is 0.0480. The molecule has 0 fully saturated rings. The fraction of sp³-hybridized carbons (Fsp3) is 0.440. The van der Waals surface area contributed by atoms with Gasteiger partial charge in [-0.15, -0.1) is 0 Å². The molecule has 11 heteroatoms. The van der Waals surface area contributed by atoms with E-state index in [1.807, 2.05) is 20.8 Å². The summed E-state index contributed by atoms with van der Waals surface area (Å²) in [5, 5.41) is 4.12. The molecule has 0 aliphatic carbocycles. The van der Waals surface area contributed by atoms with Crippen LogP contribution >= 0.6 is 34.8 Å². The van der Waals surface area contributed by atoms with Gasteiger partial charge < -0.3 is 10.2 Å². The van der Waals surface area contributed by atoms with E-state index >= 15 is 0 Å². The van der Waals surface area contributed by atoms with E-state index in [1.54, 1.807) is 42.5 Å². The number of nitrogens with zero attached hydrogens (tertiary/aromatic N) is 2. The molecular formula is C25H32Cl3N3O4S. The number of benzene rings is 2. The normalized spacial score (nSPS) is 12.3. The third-order valence-electron chi connectivity index (χ3n) is 5.42. The van der Waals surface area contributed by atoms with Crippen molar-refractivity contribution in [3.8, 4) is 0 Å². The second-order valence-corrected chi connectivity index (χ2v) is 11.9. The van der Waals surface area contributed by atoms with Crippen molar-refractivity contribution in [3.63, 3.8) is 0 Å². The summed E-state index contributed by atoms with van der Waals surface area (Å²) in [6, 6.07) is 10.7. The van der Waals surface area contributed by atoms with E-state index in [2.05, 4.69) is 5.32 Å². The summed E-state index contributed by atoms with van der Waals surface area (Å²) in [7, 11) is -3.58. The Balaban J connectivity index is 2.23. The highest BCUT2D eigenvalue weighted by Crippen LogP contribution is 2.25. The Kier molecular flexibility index (Phi) is 11.3. The van der Waals surface area contributed by atoms with Gasteiger partial charge in [0.25, 0.3) is 0 Å². The van der Waals surface area contributed by atoms with Crippen LogP contribution in [0.3, 0.4) is 0 Å². The lowest BCUT2D eigenvalue weighted by Gasteiger charge is -2.31. The fourth-order valence-corrected chi connectivity index (χ4v) is 5.16. The number of sulfonamides is 1. The minimum atomic E-state index is -3.58. The maximum Gasteiger partial charge on any atom is 0.243 e. The topological polar surface area (TPSA) is 86.8 Å². The number of carbonyl (C=O) groups excluding carboxylic acids is 2. The second kappa shape index (κ2) is 13.5. The summed E-state index contributed by atoms with van der Waals surface area (Å²) < 4.78 is 26.0. The monoisotopic (exact) mass is 575 g/mol. The summed E-state index contributed by atoms with van der Waals surface area (Å²) in [6.45, 7) is 5.80. The zero-order valence-corrected chi connectivity index (χ0v) is 23.9. The van der Waals surface area contributed by atoms with Crippen molar-refractivity contribution in [2.75, 3.05) is 17.1 Å². The van der Waals surface area contributed by atoms with Crippen molar-refractivity contribution in [2.24, 2.45) is 0 Å². The Bertz CT molecular complexity index is 1160. The van der Waals surface area contributed by atoms with Gasteiger partial charge in [-0.25, -0.2) is 8.42 Å². The van der Waals surface area contributed by atoms with E-state index in [4.69, 9.17) is 34.8 Å². The summed E-state index contributed by atoms with van der Waals surface area (Å²) >= 11 is 18.1. The Morgan fingerprint density at radius 3 is 2.17 bits per heavy atom. The maximum atomic E-state index is 13.4. The van der Waals surface area contributed by atoms with Crippen LogP contribution < -0.4 is 9.62 Å². The van der Waals surface area contributed by atoms with Crippen LogP contribution in [0.25, 0.3) is 0 Å². The molecule has 0 radical (unpaired) electrons. The highest BCUT2D eigenvalue weighted by molar-refractivity contribution is 7.92. The van der Waals surface area contributed by atoms with Gasteiger partial charge in [0.05, 0.1) is 22.0 Å². The van der Waals surface area contributed by atoms with Crippen LogP contribution in [-0.4, -0.2) is 50.0 Å². The summed E-state index contributed by atoms with van der Waals surface area (Å²) in [5.74, 6) is -0.517. The first-order chi connectivity index (χ1) is 16.8. The molecule has 2 aromatic carbocycles. The molecule has 1 N–H and O–H groups in total. The standard InChI is InChI=1S/C25H32Cl3N3O4S/c1-5-23(25(33)29-17(2)3)30(16-18-8-13-21(27)22(28)15-18)24(32)7-6-14-31(36(4,34)35)20-11-9-19(26)10-12-20/h8-13,15,17,23H,5-7,14,16H2,1-4H3,(H,29,33)/t23-/m1/s1. The Morgan fingerprint density at radius 1 is 1.00 bits per heavy atom. The molecule has 0 saturated heterocycles. The van der Waals surface area contributed by atoms with Crippen LogP contribution in [0.5, 0.6) is 0 Å². The third kappa shape index (κ3) is 8.83. The molecule has 36 heavy (non-hydrogen) atoms. The predicted molar refractivity (Wildman–Crippen MR) is 147 cm³/mol. The van der Waals surface area contributed by atoms with Crippen LogP contribution in [0.1, 0.15) is 45.6 Å². The van der Waals surface area contributed by atoms with Gasteiger partial charge in [0.2, 0.25) is 21.8 Å². The minimum Gasteiger partial charge on any atom is -0.352 e. The summed E-state index contributed by atoms with van der Waals surface area (Å²) in [6.07, 6.45) is 1.83. The molecule has 0 aliphatic rings. The SMILES string of the molecule is CC[C@H](C(=O)NC(C)C)N(Cc1ccc(Cl)c(Cl)c1)C(=O)CCCN(c1ccc(Cl)cc1)S(C)(=O)=O. The van der Waals surface area contributed by atoms with Crippen molar-refractivity contribution in [3.05, 3.63) is 63.1 Å². The molecule has 198 valence electrons. The highest BCUT2D eigenvalue weighted by atomic mass is 35.5. The lowest BCUT2D eigenvalue weighted by atomic mass is 10.1. The number of rotatable bonds is 12. The summed E-state index contributed by atoms with van der Waals surface area (Å²) in [5.41, 5.74) is 1.19. The number of halogens is 3. The number of nitrogens with one attached hydrogen (secondary N) is 1. The lowest BCUT2D eigenvalue weighted by Crippen LogP contribution is -2.50. The van der Waals surface area contributed by atoms with E-state index in [9.17, 15) is 18.0 Å². The molecule has 2 amide bonds. The van der Waals surface area contributed by atoms with Gasteiger partial charge in [-0.1, -0.05) is 47.8 Å². The third-order valence-corrected chi connectivity index (χ3v) is 7.61. The molecule has 0 aromatic heterocycles. The average molecular weight is 577 g/mol. The molecule has 2 aromatic rings. The number of hydrogen-bond donors (Lipinski definition) is 1. The molecule has 0 bridgehead atoms. The first-order valence-corrected chi connectivity index (χ1v) is 14.6. The van der Waals surface area contributed by atoms with Crippen molar-refractivity contribution in [1.82, 2.24) is 10.2 Å². The first kappa shape index (κ1) is 30.2. The molecule has 7 nitrogen and oxygen atoms in total. The lowest BCUT2D eigenvalue weighted by molar-refractivity contribution is -0.141. The van der Waals surface area contributed by atoms with Crippen LogP contribution in [0.2, 0.25) is 15.1 Å². The van der Waals surface area contributed by atoms with E-state index in [-0.39, 0.29) is 43.8 Å². The van der Waals surface area contributed by atoms with Gasteiger partial charge in [0, 0.05) is 30.6 Å². The first-order valence-electron chi connectivity index (χ1n) is 11.6. The molecule has 0 spiro atoms. The van der Waals surface area contributed by atoms with E-state index in [1.165, 1.54) is 9.21 Å².